The van der Waals surface area contributed by atoms with Gasteiger partial charge in [0, 0.05) is 6.61 Å². The fraction of sp³-hybridized carbons (Fsp3) is 0.769. The van der Waals surface area contributed by atoms with Crippen molar-refractivity contribution in [2.24, 2.45) is 0 Å². The van der Waals surface area contributed by atoms with E-state index in [1.807, 2.05) is 6.92 Å². The number of aliphatic hydroxyl groups excluding tert-OH is 4. The second-order valence-corrected chi connectivity index (χ2v) is 4.68. The fourth-order valence-electron chi connectivity index (χ4n) is 1.66. The number of cyclic esters (lactones) is 1. The van der Waals surface area contributed by atoms with Gasteiger partial charge in [-0.3, -0.25) is 0 Å². The summed E-state index contributed by atoms with van der Waals surface area (Å²) >= 11 is 0. The number of ether oxygens (including phenoxy) is 3. The van der Waals surface area contributed by atoms with E-state index < -0.39 is 36.6 Å². The lowest BCUT2D eigenvalue weighted by atomic mass is 10.2. The molecule has 122 valence electrons. The highest BCUT2D eigenvalue weighted by atomic mass is 16.6. The Balaban J connectivity index is 2.45. The SMILES string of the molecule is CCCCOCC(O)COC1=C(O)C(=O)O[C@@H]1[C@@H](O)CO. The zero-order valence-electron chi connectivity index (χ0n) is 11.9. The van der Waals surface area contributed by atoms with Crippen LogP contribution in [0, 0.1) is 0 Å². The molecule has 8 nitrogen and oxygen atoms in total. The van der Waals surface area contributed by atoms with Crippen LogP contribution in [0.3, 0.4) is 0 Å². The third-order valence-electron chi connectivity index (χ3n) is 2.84. The highest BCUT2D eigenvalue weighted by molar-refractivity contribution is 5.89. The quantitative estimate of drug-likeness (QED) is 0.306. The van der Waals surface area contributed by atoms with Crippen LogP contribution < -0.4 is 0 Å². The summed E-state index contributed by atoms with van der Waals surface area (Å²) in [6.07, 6.45) is -1.78. The zero-order valence-corrected chi connectivity index (χ0v) is 11.9. The molecule has 0 aliphatic carbocycles. The van der Waals surface area contributed by atoms with Crippen LogP contribution >= 0.6 is 0 Å². The van der Waals surface area contributed by atoms with Crippen LogP contribution in [0.1, 0.15) is 19.8 Å². The Kier molecular flexibility index (Phi) is 7.44. The molecule has 0 spiro atoms. The number of unbranched alkanes of at least 4 members (excludes halogenated alkanes) is 1. The molecule has 4 N–H and O–H groups in total. The highest BCUT2D eigenvalue weighted by Gasteiger charge is 2.40. The third kappa shape index (κ3) is 5.16. The molecule has 0 aromatic carbocycles. The van der Waals surface area contributed by atoms with Crippen molar-refractivity contribution in [1.29, 1.82) is 0 Å². The molecule has 0 saturated heterocycles. The standard InChI is InChI=1S/C13H22O8/c1-2-3-4-19-6-8(15)7-20-12-10(17)13(18)21-11(12)9(16)5-14/h8-9,11,14-17H,2-7H2,1H3/t8?,9-,11+/m0/s1. The van der Waals surface area contributed by atoms with Gasteiger partial charge in [-0.2, -0.15) is 0 Å². The summed E-state index contributed by atoms with van der Waals surface area (Å²) in [6, 6.07) is 0. The van der Waals surface area contributed by atoms with Crippen molar-refractivity contribution in [2.75, 3.05) is 26.4 Å². The summed E-state index contributed by atoms with van der Waals surface area (Å²) < 4.78 is 15.0. The lowest BCUT2D eigenvalue weighted by Gasteiger charge is -2.19. The lowest BCUT2D eigenvalue weighted by molar-refractivity contribution is -0.148. The van der Waals surface area contributed by atoms with Crippen molar-refractivity contribution < 1.29 is 39.4 Å². The van der Waals surface area contributed by atoms with Gasteiger partial charge in [-0.15, -0.1) is 0 Å². The van der Waals surface area contributed by atoms with Crippen LogP contribution in [0.15, 0.2) is 11.5 Å². The van der Waals surface area contributed by atoms with Gasteiger partial charge in [-0.05, 0) is 6.42 Å². The molecule has 0 aromatic rings. The number of esters is 1. The number of carbonyl (C=O) groups is 1. The number of carbonyl (C=O) groups excluding carboxylic acids is 1. The van der Waals surface area contributed by atoms with Crippen molar-refractivity contribution in [3.8, 4) is 0 Å². The van der Waals surface area contributed by atoms with Crippen molar-refractivity contribution in [1.82, 2.24) is 0 Å². The normalized spacial score (nSPS) is 21.3. The Morgan fingerprint density at radius 2 is 2.05 bits per heavy atom. The van der Waals surface area contributed by atoms with Gasteiger partial charge in [0.2, 0.25) is 5.76 Å². The summed E-state index contributed by atoms with van der Waals surface area (Å²) in [6.45, 7) is 1.68. The van der Waals surface area contributed by atoms with Crippen LogP contribution in [-0.2, 0) is 19.0 Å². The van der Waals surface area contributed by atoms with Crippen LogP contribution in [0.25, 0.3) is 0 Å². The molecule has 0 amide bonds. The fourth-order valence-corrected chi connectivity index (χ4v) is 1.66. The smallest absolute Gasteiger partial charge is 0.378 e. The molecule has 0 radical (unpaired) electrons. The van der Waals surface area contributed by atoms with Gasteiger partial charge in [0.05, 0.1) is 13.2 Å². The molecule has 0 bridgehead atoms. The summed E-state index contributed by atoms with van der Waals surface area (Å²) in [7, 11) is 0. The molecular formula is C13H22O8. The Morgan fingerprint density at radius 3 is 2.67 bits per heavy atom. The number of hydrogen-bond donors (Lipinski definition) is 4. The minimum atomic E-state index is -1.41. The number of hydrogen-bond acceptors (Lipinski definition) is 8. The molecule has 1 aliphatic heterocycles. The summed E-state index contributed by atoms with van der Waals surface area (Å²) in [5, 5.41) is 37.5. The zero-order chi connectivity index (χ0) is 15.8. The summed E-state index contributed by atoms with van der Waals surface area (Å²) in [4.78, 5) is 11.2. The first-order valence-corrected chi connectivity index (χ1v) is 6.82. The molecule has 0 fully saturated rings. The molecule has 1 unspecified atom stereocenters. The third-order valence-corrected chi connectivity index (χ3v) is 2.84. The molecule has 1 rings (SSSR count). The maximum absolute atomic E-state index is 11.2. The van der Waals surface area contributed by atoms with Crippen LogP contribution in [0.2, 0.25) is 0 Å². The number of aliphatic hydroxyl groups is 4. The van der Waals surface area contributed by atoms with Crippen molar-refractivity contribution in [3.05, 3.63) is 11.5 Å². The van der Waals surface area contributed by atoms with E-state index in [9.17, 15) is 20.1 Å². The van der Waals surface area contributed by atoms with Crippen LogP contribution in [0.4, 0.5) is 0 Å². The average Bonchev–Trinajstić information content (AvgIpc) is 2.76. The van der Waals surface area contributed by atoms with Crippen LogP contribution in [0.5, 0.6) is 0 Å². The molecule has 0 aromatic heterocycles. The Labute approximate surface area is 122 Å². The van der Waals surface area contributed by atoms with E-state index in [1.165, 1.54) is 0 Å². The first-order chi connectivity index (χ1) is 10.0. The molecule has 3 atom stereocenters. The Bertz CT molecular complexity index is 367. The monoisotopic (exact) mass is 306 g/mol. The van der Waals surface area contributed by atoms with Gasteiger partial charge in [0.1, 0.15) is 18.8 Å². The van der Waals surface area contributed by atoms with E-state index in [4.69, 9.17) is 14.6 Å². The second-order valence-electron chi connectivity index (χ2n) is 4.68. The average molecular weight is 306 g/mol. The van der Waals surface area contributed by atoms with Gasteiger partial charge < -0.3 is 34.6 Å². The molecule has 8 heteroatoms. The molecule has 1 aliphatic rings. The van der Waals surface area contributed by atoms with E-state index in [0.717, 1.165) is 12.8 Å². The summed E-state index contributed by atoms with van der Waals surface area (Å²) in [5.41, 5.74) is 0. The number of rotatable bonds is 10. The first-order valence-electron chi connectivity index (χ1n) is 6.82. The predicted octanol–water partition coefficient (Wildman–Crippen LogP) is -0.771. The molecule has 1 heterocycles. The topological polar surface area (TPSA) is 126 Å². The van der Waals surface area contributed by atoms with Gasteiger partial charge >= 0.3 is 5.97 Å². The van der Waals surface area contributed by atoms with E-state index in [-0.39, 0.29) is 19.0 Å². The van der Waals surface area contributed by atoms with Gasteiger partial charge in [0.15, 0.2) is 11.9 Å². The van der Waals surface area contributed by atoms with Crippen molar-refractivity contribution in [3.63, 3.8) is 0 Å². The van der Waals surface area contributed by atoms with E-state index >= 15 is 0 Å². The summed E-state index contributed by atoms with van der Waals surface area (Å²) in [5.74, 6) is -2.11. The Hall–Kier alpha value is -1.35. The van der Waals surface area contributed by atoms with Crippen molar-refractivity contribution in [2.45, 2.75) is 38.1 Å². The van der Waals surface area contributed by atoms with E-state index in [0.29, 0.717) is 6.61 Å². The Morgan fingerprint density at radius 1 is 1.33 bits per heavy atom. The van der Waals surface area contributed by atoms with Gasteiger partial charge in [-0.25, -0.2) is 4.79 Å². The molecule has 0 saturated carbocycles. The minimum Gasteiger partial charge on any atom is -0.499 e. The lowest BCUT2D eigenvalue weighted by Crippen LogP contribution is -2.33. The van der Waals surface area contributed by atoms with Gasteiger partial charge in [0.25, 0.3) is 0 Å². The predicted molar refractivity (Wildman–Crippen MR) is 70.3 cm³/mol. The van der Waals surface area contributed by atoms with Gasteiger partial charge in [-0.1, -0.05) is 13.3 Å². The first kappa shape index (κ1) is 17.7. The largest absolute Gasteiger partial charge is 0.499 e. The minimum absolute atomic E-state index is 0.0517. The van der Waals surface area contributed by atoms with E-state index in [1.54, 1.807) is 0 Å². The molecule has 21 heavy (non-hydrogen) atoms. The second kappa shape index (κ2) is 8.83. The van der Waals surface area contributed by atoms with Crippen molar-refractivity contribution >= 4 is 5.97 Å². The highest BCUT2D eigenvalue weighted by Crippen LogP contribution is 2.24. The van der Waals surface area contributed by atoms with Crippen LogP contribution in [-0.4, -0.2) is 71.1 Å². The van der Waals surface area contributed by atoms with E-state index in [2.05, 4.69) is 4.74 Å². The molecular weight excluding hydrogens is 284 g/mol. The maximum atomic E-state index is 11.2. The maximum Gasteiger partial charge on any atom is 0.378 e.